The Hall–Kier alpha value is -1.92. The van der Waals surface area contributed by atoms with Crippen LogP contribution in [0.3, 0.4) is 0 Å². The van der Waals surface area contributed by atoms with E-state index < -0.39 is 36.3 Å². The van der Waals surface area contributed by atoms with Gasteiger partial charge in [0.05, 0.1) is 7.11 Å². The van der Waals surface area contributed by atoms with Gasteiger partial charge in [0.15, 0.2) is 0 Å². The maximum Gasteiger partial charge on any atom is 0.331 e. The van der Waals surface area contributed by atoms with Gasteiger partial charge in [0.25, 0.3) is 0 Å². The average Bonchev–Trinajstić information content (AvgIpc) is 2.21. The molecule has 1 saturated heterocycles. The molecule has 0 spiro atoms. The third-order valence-electron chi connectivity index (χ3n) is 2.40. The van der Waals surface area contributed by atoms with Gasteiger partial charge < -0.3 is 4.74 Å². The lowest BCUT2D eigenvalue weighted by molar-refractivity contribution is -0.154. The highest BCUT2D eigenvalue weighted by Crippen LogP contribution is 2.16. The molecule has 7 nitrogen and oxygen atoms in total. The van der Waals surface area contributed by atoms with Crippen molar-refractivity contribution in [2.24, 2.45) is 5.92 Å². The van der Waals surface area contributed by atoms with Crippen LogP contribution in [0.25, 0.3) is 0 Å². The minimum atomic E-state index is -1.01. The first-order valence-corrected chi connectivity index (χ1v) is 5.12. The van der Waals surface area contributed by atoms with Crippen LogP contribution in [0.5, 0.6) is 0 Å². The van der Waals surface area contributed by atoms with E-state index in [0.29, 0.717) is 0 Å². The van der Waals surface area contributed by atoms with Crippen molar-refractivity contribution in [1.82, 2.24) is 10.2 Å². The summed E-state index contributed by atoms with van der Waals surface area (Å²) in [5.74, 6) is -2.34. The second-order valence-electron chi connectivity index (χ2n) is 4.01. The Morgan fingerprint density at radius 1 is 1.35 bits per heavy atom. The number of nitrogens with zero attached hydrogens (tertiary/aromatic N) is 1. The van der Waals surface area contributed by atoms with E-state index in [-0.39, 0.29) is 5.92 Å². The SMILES string of the molecule is COC(=O)C(C(C)C)N1C(=O)CC(=O)NC1=O. The molecule has 0 radical (unpaired) electrons. The van der Waals surface area contributed by atoms with Crippen LogP contribution in [-0.4, -0.2) is 41.9 Å². The molecular weight excluding hydrogens is 228 g/mol. The van der Waals surface area contributed by atoms with Gasteiger partial charge in [0, 0.05) is 0 Å². The summed E-state index contributed by atoms with van der Waals surface area (Å²) in [7, 11) is 1.18. The molecule has 0 aromatic heterocycles. The Morgan fingerprint density at radius 2 is 1.94 bits per heavy atom. The van der Waals surface area contributed by atoms with Crippen molar-refractivity contribution in [2.45, 2.75) is 26.3 Å². The molecule has 1 heterocycles. The predicted molar refractivity (Wildman–Crippen MR) is 55.6 cm³/mol. The highest BCUT2D eigenvalue weighted by Gasteiger charge is 2.41. The fourth-order valence-electron chi connectivity index (χ4n) is 1.64. The molecule has 0 aromatic carbocycles. The maximum absolute atomic E-state index is 11.6. The van der Waals surface area contributed by atoms with Crippen LogP contribution in [0.4, 0.5) is 4.79 Å². The summed E-state index contributed by atoms with van der Waals surface area (Å²) in [6.45, 7) is 3.36. The van der Waals surface area contributed by atoms with Crippen molar-refractivity contribution >= 4 is 23.8 Å². The van der Waals surface area contributed by atoms with Gasteiger partial charge in [-0.2, -0.15) is 0 Å². The van der Waals surface area contributed by atoms with Crippen LogP contribution in [-0.2, 0) is 19.1 Å². The number of carbonyl (C=O) groups is 4. The molecule has 1 aliphatic heterocycles. The van der Waals surface area contributed by atoms with E-state index in [1.807, 2.05) is 5.32 Å². The number of barbiturate groups is 1. The molecule has 1 N–H and O–H groups in total. The number of ether oxygens (including phenoxy) is 1. The summed E-state index contributed by atoms with van der Waals surface area (Å²) in [6, 6.07) is -1.89. The minimum absolute atomic E-state index is 0.301. The molecule has 1 atom stereocenters. The Balaban J connectivity index is 3.01. The second kappa shape index (κ2) is 4.94. The molecule has 1 fully saturated rings. The zero-order valence-electron chi connectivity index (χ0n) is 9.85. The van der Waals surface area contributed by atoms with E-state index in [9.17, 15) is 19.2 Å². The molecule has 4 amide bonds. The Labute approximate surface area is 98.1 Å². The molecule has 0 aromatic rings. The monoisotopic (exact) mass is 242 g/mol. The first-order chi connectivity index (χ1) is 7.88. The van der Waals surface area contributed by atoms with E-state index in [0.717, 1.165) is 4.90 Å². The van der Waals surface area contributed by atoms with Gasteiger partial charge in [-0.25, -0.2) is 14.5 Å². The van der Waals surface area contributed by atoms with E-state index in [1.54, 1.807) is 13.8 Å². The van der Waals surface area contributed by atoms with Crippen LogP contribution in [0.1, 0.15) is 20.3 Å². The second-order valence-corrected chi connectivity index (χ2v) is 4.01. The Bertz CT molecular complexity index is 357. The van der Waals surface area contributed by atoms with Crippen LogP contribution >= 0.6 is 0 Å². The lowest BCUT2D eigenvalue weighted by Gasteiger charge is -2.32. The summed E-state index contributed by atoms with van der Waals surface area (Å²) in [5.41, 5.74) is 0. The van der Waals surface area contributed by atoms with Crippen LogP contribution in [0, 0.1) is 5.92 Å². The van der Waals surface area contributed by atoms with E-state index >= 15 is 0 Å². The average molecular weight is 242 g/mol. The van der Waals surface area contributed by atoms with Gasteiger partial charge in [-0.1, -0.05) is 13.8 Å². The molecule has 94 valence electrons. The number of hydrogen-bond acceptors (Lipinski definition) is 5. The summed E-state index contributed by atoms with van der Waals surface area (Å²) >= 11 is 0. The standard InChI is InChI=1S/C10H14N2O5/c1-5(2)8(9(15)17-3)12-7(14)4-6(13)11-10(12)16/h5,8H,4H2,1-3H3,(H,11,13,16). The molecule has 0 saturated carbocycles. The molecule has 1 rings (SSSR count). The molecule has 0 bridgehead atoms. The van der Waals surface area contributed by atoms with Crippen molar-refractivity contribution in [3.63, 3.8) is 0 Å². The highest BCUT2D eigenvalue weighted by molar-refractivity contribution is 6.15. The Kier molecular flexibility index (Phi) is 3.82. The van der Waals surface area contributed by atoms with Crippen LogP contribution < -0.4 is 5.32 Å². The summed E-state index contributed by atoms with van der Waals surface area (Å²) in [6.07, 6.45) is -0.439. The number of carbonyl (C=O) groups excluding carboxylic acids is 4. The molecule has 0 aliphatic carbocycles. The molecular formula is C10H14N2O5. The lowest BCUT2D eigenvalue weighted by atomic mass is 10.0. The number of rotatable bonds is 3. The summed E-state index contributed by atoms with van der Waals surface area (Å²) in [4.78, 5) is 46.4. The first kappa shape index (κ1) is 13.1. The van der Waals surface area contributed by atoms with E-state index in [4.69, 9.17) is 0 Å². The van der Waals surface area contributed by atoms with Gasteiger partial charge in [-0.05, 0) is 5.92 Å². The first-order valence-electron chi connectivity index (χ1n) is 5.12. The lowest BCUT2D eigenvalue weighted by Crippen LogP contribution is -2.60. The number of amides is 4. The quantitative estimate of drug-likeness (QED) is 0.539. The predicted octanol–water partition coefficient (Wildman–Crippen LogP) is -0.348. The fourth-order valence-corrected chi connectivity index (χ4v) is 1.64. The largest absolute Gasteiger partial charge is 0.467 e. The molecule has 7 heteroatoms. The van der Waals surface area contributed by atoms with E-state index in [2.05, 4.69) is 4.74 Å². The van der Waals surface area contributed by atoms with Crippen LogP contribution in [0.2, 0.25) is 0 Å². The Morgan fingerprint density at radius 3 is 2.35 bits per heavy atom. The molecule has 1 unspecified atom stereocenters. The zero-order chi connectivity index (χ0) is 13.2. The smallest absolute Gasteiger partial charge is 0.331 e. The minimum Gasteiger partial charge on any atom is -0.467 e. The number of nitrogens with one attached hydrogen (secondary N) is 1. The topological polar surface area (TPSA) is 92.8 Å². The number of urea groups is 1. The third kappa shape index (κ3) is 2.61. The number of hydrogen-bond donors (Lipinski definition) is 1. The van der Waals surface area contributed by atoms with Crippen molar-refractivity contribution in [3.05, 3.63) is 0 Å². The molecule has 1 aliphatic rings. The van der Waals surface area contributed by atoms with Gasteiger partial charge in [0.1, 0.15) is 12.5 Å². The zero-order valence-corrected chi connectivity index (χ0v) is 9.85. The van der Waals surface area contributed by atoms with Crippen molar-refractivity contribution < 1.29 is 23.9 Å². The van der Waals surface area contributed by atoms with Crippen molar-refractivity contribution in [2.75, 3.05) is 7.11 Å². The van der Waals surface area contributed by atoms with E-state index in [1.165, 1.54) is 7.11 Å². The summed E-state index contributed by atoms with van der Waals surface area (Å²) in [5, 5.41) is 1.99. The maximum atomic E-state index is 11.6. The fraction of sp³-hybridized carbons (Fsp3) is 0.600. The normalized spacial score (nSPS) is 18.1. The van der Waals surface area contributed by atoms with Crippen molar-refractivity contribution in [3.8, 4) is 0 Å². The molecule has 17 heavy (non-hydrogen) atoms. The highest BCUT2D eigenvalue weighted by atomic mass is 16.5. The van der Waals surface area contributed by atoms with Gasteiger partial charge in [0.2, 0.25) is 11.8 Å². The van der Waals surface area contributed by atoms with Gasteiger partial charge in [-0.3, -0.25) is 14.9 Å². The van der Waals surface area contributed by atoms with Gasteiger partial charge >= 0.3 is 12.0 Å². The third-order valence-corrected chi connectivity index (χ3v) is 2.40. The van der Waals surface area contributed by atoms with Crippen LogP contribution in [0.15, 0.2) is 0 Å². The van der Waals surface area contributed by atoms with Crippen molar-refractivity contribution in [1.29, 1.82) is 0 Å². The number of methoxy groups -OCH3 is 1. The number of esters is 1. The van der Waals surface area contributed by atoms with Gasteiger partial charge in [-0.15, -0.1) is 0 Å². The summed E-state index contributed by atoms with van der Waals surface area (Å²) < 4.78 is 4.55. The number of imide groups is 2.